The molecule has 0 saturated heterocycles. The van der Waals surface area contributed by atoms with Gasteiger partial charge in [-0.05, 0) is 19.3 Å². The van der Waals surface area contributed by atoms with Crippen LogP contribution in [0.2, 0.25) is 0 Å². The molecule has 12 nitrogen and oxygen atoms in total. The maximum Gasteiger partial charge on any atom is 3.00 e. The van der Waals surface area contributed by atoms with Crippen molar-refractivity contribution >= 4 is 23.5 Å². The molecule has 0 bridgehead atoms. The predicted octanol–water partition coefficient (Wildman–Crippen LogP) is 3.57. The smallest absolute Gasteiger partial charge is 0.790 e. The minimum atomic E-state index is -4.73. The van der Waals surface area contributed by atoms with Crippen LogP contribution in [0.1, 0.15) is 136 Å². The fourth-order valence-corrected chi connectivity index (χ4v) is 4.23. The topological polar surface area (TPSA) is 217 Å². The van der Waals surface area contributed by atoms with E-state index < -0.39 is 23.5 Å². The zero-order valence-corrected chi connectivity index (χ0v) is 29.7. The minimum Gasteiger partial charge on any atom is -0.790 e. The van der Waals surface area contributed by atoms with Crippen LogP contribution in [0.5, 0.6) is 0 Å². The van der Waals surface area contributed by atoms with E-state index in [9.17, 15) is 43.1 Å². The Kier molecular flexibility index (Phi) is 45.4. The molecule has 0 aliphatic rings. The molecule has 17 heteroatoms. The van der Waals surface area contributed by atoms with Gasteiger partial charge in [0.05, 0.1) is 43.3 Å². The summed E-state index contributed by atoms with van der Waals surface area (Å²) in [7, 11) is -14.2. The molecule has 0 rings (SSSR count). The van der Waals surface area contributed by atoms with E-state index in [2.05, 4.69) is 34.3 Å². The normalized spacial score (nSPS) is 11.3. The number of phosphoric ester groups is 3. The third-order valence-electron chi connectivity index (χ3n) is 5.24. The Hall–Kier alpha value is 1.37. The zero-order valence-electron chi connectivity index (χ0n) is 24.8. The Labute approximate surface area is 269 Å². The van der Waals surface area contributed by atoms with E-state index in [4.69, 9.17) is 0 Å². The van der Waals surface area contributed by atoms with Gasteiger partial charge >= 0.3 is 34.1 Å². The Morgan fingerprint density at radius 1 is 0.366 bits per heavy atom. The molecule has 0 aromatic rings. The van der Waals surface area contributed by atoms with Crippen LogP contribution < -0.4 is 29.4 Å². The molecule has 41 heavy (non-hydrogen) atoms. The molecule has 0 aliphatic heterocycles. The summed E-state index contributed by atoms with van der Waals surface area (Å²) in [5, 5.41) is 0. The van der Waals surface area contributed by atoms with Crippen molar-refractivity contribution in [2.24, 2.45) is 0 Å². The summed E-state index contributed by atoms with van der Waals surface area (Å²) in [4.78, 5) is 60.1. The molecule has 0 N–H and O–H groups in total. The molecule has 0 aromatic heterocycles. The minimum absolute atomic E-state index is 0. The first-order valence-electron chi connectivity index (χ1n) is 14.2. The van der Waals surface area contributed by atoms with Gasteiger partial charge in [-0.1, -0.05) is 117 Å². The van der Waals surface area contributed by atoms with Crippen LogP contribution in [0, 0.1) is 0 Å². The van der Waals surface area contributed by atoms with Crippen molar-refractivity contribution in [1.82, 2.24) is 0 Å². The van der Waals surface area contributed by atoms with Gasteiger partial charge in [-0.15, -0.1) is 0 Å². The molecule has 0 heterocycles. The van der Waals surface area contributed by atoms with Gasteiger partial charge in [0.15, 0.2) is 0 Å². The standard InChI is InChI=1S/3C8H19O4P.2Fe/c3*1-2-3-4-5-6-7-8-12-13(9,10)11;;/h3*2-8H2,1H3,(H2,9,10,11);;/q;;;2*+3/p-6. The van der Waals surface area contributed by atoms with Crippen LogP contribution in [0.25, 0.3) is 0 Å². The van der Waals surface area contributed by atoms with Gasteiger partial charge in [-0.25, -0.2) is 0 Å². The van der Waals surface area contributed by atoms with E-state index in [0.717, 1.165) is 38.5 Å². The summed E-state index contributed by atoms with van der Waals surface area (Å²) in [5.41, 5.74) is 0. The first-order valence-corrected chi connectivity index (χ1v) is 18.6. The second-order valence-electron chi connectivity index (χ2n) is 9.14. The van der Waals surface area contributed by atoms with E-state index in [1.807, 2.05) is 0 Å². The van der Waals surface area contributed by atoms with Crippen molar-refractivity contribution in [3.8, 4) is 0 Å². The summed E-state index contributed by atoms with van der Waals surface area (Å²) >= 11 is 0. The number of rotatable bonds is 24. The fraction of sp³-hybridized carbons (Fsp3) is 1.00. The number of hydrogen-bond donors (Lipinski definition) is 0. The van der Waals surface area contributed by atoms with Crippen LogP contribution in [0.4, 0.5) is 0 Å². The van der Waals surface area contributed by atoms with Crippen molar-refractivity contribution in [2.45, 2.75) is 136 Å². The fourth-order valence-electron chi connectivity index (χ4n) is 3.18. The van der Waals surface area contributed by atoms with E-state index in [1.165, 1.54) is 57.8 Å². The third-order valence-corrected chi connectivity index (χ3v) is 6.74. The molecule has 2 radical (unpaired) electrons. The summed E-state index contributed by atoms with van der Waals surface area (Å²) < 4.78 is 42.3. The van der Waals surface area contributed by atoms with Gasteiger partial charge in [0.2, 0.25) is 0 Å². The van der Waals surface area contributed by atoms with Gasteiger partial charge in [0.25, 0.3) is 0 Å². The summed E-state index contributed by atoms with van der Waals surface area (Å²) in [6, 6.07) is 0. The van der Waals surface area contributed by atoms with Crippen LogP contribution in [0.15, 0.2) is 0 Å². The molecule has 250 valence electrons. The largest absolute Gasteiger partial charge is 3.00 e. The maximum absolute atomic E-state index is 10.0. The number of unbranched alkanes of at least 4 members (excludes halogenated alkanes) is 15. The Balaban J connectivity index is -0.000000154. The van der Waals surface area contributed by atoms with Crippen molar-refractivity contribution in [2.75, 3.05) is 19.8 Å². The average Bonchev–Trinajstić information content (AvgIpc) is 2.81. The Bertz CT molecular complexity index is 560. The van der Waals surface area contributed by atoms with Crippen LogP contribution in [-0.4, -0.2) is 19.8 Å². The first-order chi connectivity index (χ1) is 18.2. The third kappa shape index (κ3) is 65.2. The molecule has 0 amide bonds. The van der Waals surface area contributed by atoms with E-state index >= 15 is 0 Å². The molecular formula is C24H51Fe2O12P3. The maximum atomic E-state index is 10.0. The van der Waals surface area contributed by atoms with Gasteiger partial charge < -0.3 is 56.6 Å². The van der Waals surface area contributed by atoms with Crippen molar-refractivity contribution in [3.63, 3.8) is 0 Å². The second-order valence-corrected chi connectivity index (χ2v) is 12.6. The van der Waals surface area contributed by atoms with Crippen molar-refractivity contribution in [1.29, 1.82) is 0 Å². The van der Waals surface area contributed by atoms with E-state index in [-0.39, 0.29) is 54.0 Å². The van der Waals surface area contributed by atoms with Crippen LogP contribution in [0.3, 0.4) is 0 Å². The number of hydrogen-bond acceptors (Lipinski definition) is 12. The predicted molar refractivity (Wildman–Crippen MR) is 141 cm³/mol. The summed E-state index contributed by atoms with van der Waals surface area (Å²) in [6.07, 6.45) is 18.7. The number of phosphoric acid groups is 3. The first kappa shape index (κ1) is 51.9. The van der Waals surface area contributed by atoms with Crippen LogP contribution >= 0.6 is 23.5 Å². The second kappa shape index (κ2) is 35.8. The molecule has 0 aromatic carbocycles. The van der Waals surface area contributed by atoms with Crippen LogP contribution in [-0.2, 0) is 61.4 Å². The van der Waals surface area contributed by atoms with Gasteiger partial charge in [-0.2, -0.15) is 0 Å². The molecule has 0 saturated carbocycles. The Morgan fingerprint density at radius 2 is 0.537 bits per heavy atom. The van der Waals surface area contributed by atoms with E-state index in [0.29, 0.717) is 19.3 Å². The SMILES string of the molecule is CCCCCCCCOP(=O)([O-])[O-].CCCCCCCCOP(=O)([O-])[O-].CCCCCCCCOP(=O)([O-])[O-].[Fe+3].[Fe+3]. The van der Waals surface area contributed by atoms with Gasteiger partial charge in [-0.3, -0.25) is 0 Å². The molecule has 0 atom stereocenters. The van der Waals surface area contributed by atoms with E-state index in [1.54, 1.807) is 0 Å². The van der Waals surface area contributed by atoms with Gasteiger partial charge in [0, 0.05) is 0 Å². The average molecular weight is 736 g/mol. The molecule has 0 aliphatic carbocycles. The van der Waals surface area contributed by atoms with Gasteiger partial charge in [0.1, 0.15) is 0 Å². The summed E-state index contributed by atoms with van der Waals surface area (Å²) in [5.74, 6) is 0. The molecular weight excluding hydrogens is 685 g/mol. The van der Waals surface area contributed by atoms with Crippen molar-refractivity contribution < 1.29 is 90.8 Å². The quantitative estimate of drug-likeness (QED) is 0.0790. The summed E-state index contributed by atoms with van der Waals surface area (Å²) in [6.45, 7) is 6.51. The Morgan fingerprint density at radius 3 is 0.707 bits per heavy atom. The zero-order chi connectivity index (χ0) is 30.5. The molecule has 0 spiro atoms. The molecule has 0 fully saturated rings. The van der Waals surface area contributed by atoms with Crippen molar-refractivity contribution in [3.05, 3.63) is 0 Å². The monoisotopic (exact) mass is 736 g/mol. The molecule has 0 unspecified atom stereocenters.